The number of fused-ring (bicyclic) bond motifs is 2. The normalized spacial score (nSPS) is 15.4. The van der Waals surface area contributed by atoms with Crippen molar-refractivity contribution in [2.45, 2.75) is 44.5 Å². The van der Waals surface area contributed by atoms with Crippen LogP contribution in [0.3, 0.4) is 0 Å². The highest BCUT2D eigenvalue weighted by Gasteiger charge is 2.72. The van der Waals surface area contributed by atoms with Crippen molar-refractivity contribution in [3.8, 4) is 11.5 Å². The Bertz CT molecular complexity index is 1490. The molecule has 2 N–H and O–H groups in total. The number of alkyl halides is 6. The highest BCUT2D eigenvalue weighted by atomic mass is 19.4. The third-order valence-electron chi connectivity index (χ3n) is 6.88. The number of benzene rings is 3. The second-order valence-electron chi connectivity index (χ2n) is 9.35. The van der Waals surface area contributed by atoms with E-state index in [1.807, 2.05) is 0 Å². The molecule has 2 heterocycles. The van der Waals surface area contributed by atoms with E-state index in [0.717, 1.165) is 24.3 Å². The highest BCUT2D eigenvalue weighted by molar-refractivity contribution is 6.08. The minimum atomic E-state index is -5.74. The van der Waals surface area contributed by atoms with Crippen molar-refractivity contribution < 1.29 is 36.6 Å². The summed E-state index contributed by atoms with van der Waals surface area (Å²) < 4.78 is 87.9. The van der Waals surface area contributed by atoms with Crippen LogP contribution in [0.2, 0.25) is 0 Å². The van der Waals surface area contributed by atoms with Gasteiger partial charge in [-0.05, 0) is 65.9 Å². The summed E-state index contributed by atoms with van der Waals surface area (Å²) in [6, 6.07) is 8.37. The minimum absolute atomic E-state index is 0.0591. The molecule has 10 heteroatoms. The summed E-state index contributed by atoms with van der Waals surface area (Å²) >= 11 is 0. The zero-order chi connectivity index (χ0) is 26.9. The second kappa shape index (κ2) is 8.09. The number of aliphatic imine (C=N–C) groups is 2. The Morgan fingerprint density at radius 2 is 1.22 bits per heavy atom. The molecule has 0 radical (unpaired) electrons. The molecular weight excluding hydrogens is 498 g/mol. The highest BCUT2D eigenvalue weighted by Crippen LogP contribution is 2.57. The lowest BCUT2D eigenvalue weighted by Crippen LogP contribution is -2.54. The number of aryl methyl sites for hydroxylation is 1. The van der Waals surface area contributed by atoms with Gasteiger partial charge >= 0.3 is 12.4 Å². The summed E-state index contributed by atoms with van der Waals surface area (Å²) in [4.78, 5) is 8.37. The van der Waals surface area contributed by atoms with Gasteiger partial charge in [-0.25, -0.2) is 0 Å². The number of phenolic OH excluding ortho intramolecular Hbond substituents is 2. The Hall–Kier alpha value is -3.82. The van der Waals surface area contributed by atoms with E-state index < -0.39 is 28.9 Å². The molecular formula is C27H20F6N2O2. The molecule has 2 aliphatic heterocycles. The Balaban J connectivity index is 1.70. The summed E-state index contributed by atoms with van der Waals surface area (Å²) in [5.74, 6) is -0.342. The summed E-state index contributed by atoms with van der Waals surface area (Å²) in [5.41, 5.74) is -4.00. The molecule has 4 nitrogen and oxygen atoms in total. The van der Waals surface area contributed by atoms with Crippen molar-refractivity contribution in [2.75, 3.05) is 0 Å². The Kier molecular flexibility index (Phi) is 5.44. The van der Waals surface area contributed by atoms with Gasteiger partial charge in [-0.1, -0.05) is 24.3 Å². The van der Waals surface area contributed by atoms with Gasteiger partial charge in [0, 0.05) is 24.1 Å². The van der Waals surface area contributed by atoms with Gasteiger partial charge in [-0.2, -0.15) is 26.3 Å². The lowest BCUT2D eigenvalue weighted by atomic mass is 9.72. The molecule has 192 valence electrons. The standard InChI is InChI=1S/C27H20F6N2O2/c1-13-7-24(37)19(12-23(13)36)22-9-16-4-6-18(11-21(16)35-22)25(26(28,29)30,27(31,32)33)17-5-3-15-8-14(2)34-20(15)10-17/h3-7,10-12,36-37H,8-9H2,1-2H3. The van der Waals surface area contributed by atoms with Gasteiger partial charge in [0.05, 0.1) is 17.1 Å². The number of nitrogens with zero attached hydrogens (tertiary/aromatic N) is 2. The Morgan fingerprint density at radius 1 is 0.676 bits per heavy atom. The fraction of sp³-hybridized carbons (Fsp3) is 0.259. The smallest absolute Gasteiger partial charge is 0.411 e. The maximum atomic E-state index is 14.6. The van der Waals surface area contributed by atoms with Crippen LogP contribution in [-0.2, 0) is 18.3 Å². The van der Waals surface area contributed by atoms with Crippen molar-refractivity contribution in [1.29, 1.82) is 0 Å². The summed E-state index contributed by atoms with van der Waals surface area (Å²) in [5, 5.41) is 20.3. The maximum Gasteiger partial charge on any atom is 0.411 e. The quantitative estimate of drug-likeness (QED) is 0.286. The first-order valence-electron chi connectivity index (χ1n) is 11.3. The van der Waals surface area contributed by atoms with Crippen molar-refractivity contribution in [2.24, 2.45) is 9.98 Å². The molecule has 0 atom stereocenters. The topological polar surface area (TPSA) is 65.2 Å². The zero-order valence-corrected chi connectivity index (χ0v) is 19.6. The first-order valence-corrected chi connectivity index (χ1v) is 11.3. The summed E-state index contributed by atoms with van der Waals surface area (Å²) in [6.45, 7) is 3.22. The van der Waals surface area contributed by atoms with Crippen LogP contribution in [0.4, 0.5) is 37.7 Å². The molecule has 3 aromatic carbocycles. The molecule has 0 spiro atoms. The molecule has 0 amide bonds. The fourth-order valence-corrected chi connectivity index (χ4v) is 5.04. The van der Waals surface area contributed by atoms with Crippen LogP contribution in [0.15, 0.2) is 58.5 Å². The number of phenols is 2. The molecule has 37 heavy (non-hydrogen) atoms. The fourth-order valence-electron chi connectivity index (χ4n) is 5.04. The summed E-state index contributed by atoms with van der Waals surface area (Å²) in [6.07, 6.45) is -11.1. The van der Waals surface area contributed by atoms with Crippen molar-refractivity contribution >= 4 is 22.8 Å². The lowest BCUT2D eigenvalue weighted by molar-refractivity contribution is -0.288. The lowest BCUT2D eigenvalue weighted by Gasteiger charge is -2.38. The predicted molar refractivity (Wildman–Crippen MR) is 127 cm³/mol. The predicted octanol–water partition coefficient (Wildman–Crippen LogP) is 7.14. The molecule has 5 rings (SSSR count). The average molecular weight is 518 g/mol. The number of hydrogen-bond acceptors (Lipinski definition) is 4. The van der Waals surface area contributed by atoms with E-state index in [1.165, 1.54) is 24.3 Å². The largest absolute Gasteiger partial charge is 0.508 e. The van der Waals surface area contributed by atoms with Crippen LogP contribution >= 0.6 is 0 Å². The van der Waals surface area contributed by atoms with E-state index in [9.17, 15) is 36.6 Å². The molecule has 0 aromatic heterocycles. The van der Waals surface area contributed by atoms with Gasteiger partial charge in [-0.15, -0.1) is 0 Å². The van der Waals surface area contributed by atoms with Crippen LogP contribution in [0.5, 0.6) is 11.5 Å². The SMILES string of the molecule is CC1=Nc2cc(C(c3ccc4c(c3)N=C(c3cc(O)c(C)cc3O)C4)(C(F)(F)F)C(F)(F)F)ccc2C1. The van der Waals surface area contributed by atoms with Gasteiger partial charge in [-0.3, -0.25) is 9.98 Å². The molecule has 0 saturated heterocycles. The van der Waals surface area contributed by atoms with Gasteiger partial charge < -0.3 is 10.2 Å². The van der Waals surface area contributed by atoms with E-state index >= 15 is 0 Å². The molecule has 0 fully saturated rings. The number of rotatable bonds is 3. The third-order valence-corrected chi connectivity index (χ3v) is 6.88. The Labute approximate surface area is 207 Å². The van der Waals surface area contributed by atoms with Crippen LogP contribution < -0.4 is 0 Å². The number of halogens is 6. The van der Waals surface area contributed by atoms with Crippen molar-refractivity contribution in [3.05, 3.63) is 81.9 Å². The second-order valence-corrected chi connectivity index (χ2v) is 9.35. The molecule has 0 bridgehead atoms. The third kappa shape index (κ3) is 3.77. The first kappa shape index (κ1) is 24.9. The number of aromatic hydroxyl groups is 2. The van der Waals surface area contributed by atoms with E-state index in [1.54, 1.807) is 13.8 Å². The van der Waals surface area contributed by atoms with Crippen LogP contribution in [0.1, 0.15) is 40.3 Å². The number of hydrogen-bond donors (Lipinski definition) is 2. The van der Waals surface area contributed by atoms with E-state index in [0.29, 0.717) is 28.8 Å². The molecule has 3 aromatic rings. The van der Waals surface area contributed by atoms with Gasteiger partial charge in [0.15, 0.2) is 0 Å². The maximum absolute atomic E-state index is 14.6. The molecule has 0 aliphatic carbocycles. The molecule has 0 unspecified atom stereocenters. The van der Waals surface area contributed by atoms with Gasteiger partial charge in [0.25, 0.3) is 0 Å². The minimum Gasteiger partial charge on any atom is -0.508 e. The van der Waals surface area contributed by atoms with Gasteiger partial charge in [0.1, 0.15) is 11.5 Å². The van der Waals surface area contributed by atoms with E-state index in [4.69, 9.17) is 0 Å². The summed E-state index contributed by atoms with van der Waals surface area (Å²) in [7, 11) is 0. The monoisotopic (exact) mass is 518 g/mol. The van der Waals surface area contributed by atoms with Crippen LogP contribution in [-0.4, -0.2) is 34.0 Å². The van der Waals surface area contributed by atoms with Gasteiger partial charge in [0.2, 0.25) is 5.41 Å². The first-order chi connectivity index (χ1) is 17.2. The van der Waals surface area contributed by atoms with E-state index in [2.05, 4.69) is 9.98 Å². The Morgan fingerprint density at radius 3 is 1.78 bits per heavy atom. The zero-order valence-electron chi connectivity index (χ0n) is 19.6. The molecule has 2 aliphatic rings. The van der Waals surface area contributed by atoms with Crippen molar-refractivity contribution in [1.82, 2.24) is 0 Å². The van der Waals surface area contributed by atoms with E-state index in [-0.39, 0.29) is 40.6 Å². The van der Waals surface area contributed by atoms with Crippen LogP contribution in [0, 0.1) is 6.92 Å². The average Bonchev–Trinajstić information content (AvgIpc) is 3.36. The van der Waals surface area contributed by atoms with Crippen LogP contribution in [0.25, 0.3) is 0 Å². The molecule has 0 saturated carbocycles. The van der Waals surface area contributed by atoms with Crippen molar-refractivity contribution in [3.63, 3.8) is 0 Å².